The molecule has 4 heteroatoms. The second kappa shape index (κ2) is 13.0. The second-order valence-corrected chi connectivity index (χ2v) is 11.9. The lowest BCUT2D eigenvalue weighted by atomic mass is 9.81. The molecule has 0 aromatic heterocycles. The summed E-state index contributed by atoms with van der Waals surface area (Å²) in [5.41, 5.74) is 12.3. The maximum atomic E-state index is 2.58. The summed E-state index contributed by atoms with van der Waals surface area (Å²) in [6, 6.07) is 24.4. The molecule has 0 bridgehead atoms. The van der Waals surface area contributed by atoms with Gasteiger partial charge in [-0.3, -0.25) is 9.80 Å². The van der Waals surface area contributed by atoms with E-state index >= 15 is 0 Å². The standard InChI is InChI=1S/C34H44N2.2ClH/c1-23(2)29-14-8-12-27-16-18-35(5)31(33(27)29)21-25-10-7-11-26(20-25)22-32-34-28(17-19-36(32)6)13-9-15-30(34)24(3)4;;/h7-15,20,23-24,31-32H,16-19,21-22H2,1-6H3;2*1H. The van der Waals surface area contributed by atoms with Gasteiger partial charge in [-0.25, -0.2) is 0 Å². The summed E-state index contributed by atoms with van der Waals surface area (Å²) in [5.74, 6) is 1.11. The third-order valence-electron chi connectivity index (χ3n) is 8.75. The molecule has 0 aliphatic carbocycles. The molecule has 2 unspecified atom stereocenters. The normalized spacial score (nSPS) is 19.5. The molecule has 206 valence electrons. The first kappa shape index (κ1) is 30.7. The maximum Gasteiger partial charge on any atom is 0.0391 e. The van der Waals surface area contributed by atoms with Crippen LogP contribution in [0.1, 0.15) is 96.1 Å². The van der Waals surface area contributed by atoms with Crippen LogP contribution in [0.5, 0.6) is 0 Å². The second-order valence-electron chi connectivity index (χ2n) is 11.9. The van der Waals surface area contributed by atoms with E-state index in [0.29, 0.717) is 23.9 Å². The molecular weight excluding hydrogens is 507 g/mol. The number of halogens is 2. The highest BCUT2D eigenvalue weighted by Gasteiger charge is 2.30. The van der Waals surface area contributed by atoms with Gasteiger partial charge in [-0.05, 0) is 96.1 Å². The average molecular weight is 554 g/mol. The van der Waals surface area contributed by atoms with Crippen molar-refractivity contribution < 1.29 is 0 Å². The number of hydrogen-bond donors (Lipinski definition) is 0. The third-order valence-corrected chi connectivity index (χ3v) is 8.75. The molecule has 38 heavy (non-hydrogen) atoms. The van der Waals surface area contributed by atoms with E-state index in [4.69, 9.17) is 0 Å². The van der Waals surface area contributed by atoms with Crippen molar-refractivity contribution in [1.29, 1.82) is 0 Å². The molecule has 0 fully saturated rings. The van der Waals surface area contributed by atoms with Gasteiger partial charge in [0.1, 0.15) is 0 Å². The van der Waals surface area contributed by atoms with E-state index in [1.165, 1.54) is 22.3 Å². The molecular formula is C34H46Cl2N2. The third kappa shape index (κ3) is 6.15. The molecule has 0 saturated heterocycles. The minimum atomic E-state index is 0. The van der Waals surface area contributed by atoms with Crippen LogP contribution in [0.3, 0.4) is 0 Å². The van der Waals surface area contributed by atoms with Gasteiger partial charge in [-0.2, -0.15) is 0 Å². The first-order valence-electron chi connectivity index (χ1n) is 14.0. The maximum absolute atomic E-state index is 2.58. The first-order valence-corrected chi connectivity index (χ1v) is 14.0. The molecule has 2 nitrogen and oxygen atoms in total. The van der Waals surface area contributed by atoms with E-state index in [1.54, 1.807) is 22.3 Å². The number of rotatable bonds is 6. The van der Waals surface area contributed by atoms with Crippen LogP contribution in [0.15, 0.2) is 60.7 Å². The lowest BCUT2D eigenvalue weighted by Crippen LogP contribution is -2.35. The smallest absolute Gasteiger partial charge is 0.0391 e. The Balaban J connectivity index is 0.00000200. The molecule has 0 amide bonds. The molecule has 0 saturated carbocycles. The summed E-state index contributed by atoms with van der Waals surface area (Å²) in [6.07, 6.45) is 4.48. The summed E-state index contributed by atoms with van der Waals surface area (Å²) in [7, 11) is 4.63. The van der Waals surface area contributed by atoms with Gasteiger partial charge >= 0.3 is 0 Å². The molecule has 2 aliphatic rings. The molecule has 0 spiro atoms. The van der Waals surface area contributed by atoms with E-state index in [2.05, 4.69) is 112 Å². The number of fused-ring (bicyclic) bond motifs is 2. The fourth-order valence-electron chi connectivity index (χ4n) is 6.71. The Morgan fingerprint density at radius 2 is 1.03 bits per heavy atom. The van der Waals surface area contributed by atoms with Crippen LogP contribution in [-0.2, 0) is 25.7 Å². The van der Waals surface area contributed by atoms with Crippen molar-refractivity contribution in [2.24, 2.45) is 0 Å². The number of nitrogens with zero attached hydrogens (tertiary/aromatic N) is 2. The van der Waals surface area contributed by atoms with E-state index in [9.17, 15) is 0 Å². The van der Waals surface area contributed by atoms with E-state index in [-0.39, 0.29) is 24.8 Å². The molecule has 5 rings (SSSR count). The molecule has 2 aliphatic heterocycles. The Bertz CT molecular complexity index is 1130. The van der Waals surface area contributed by atoms with Crippen LogP contribution in [0.25, 0.3) is 0 Å². The zero-order chi connectivity index (χ0) is 25.4. The minimum Gasteiger partial charge on any atom is -0.299 e. The summed E-state index contributed by atoms with van der Waals surface area (Å²) < 4.78 is 0. The lowest BCUT2D eigenvalue weighted by Gasteiger charge is -2.38. The summed E-state index contributed by atoms with van der Waals surface area (Å²) in [5, 5.41) is 0. The molecule has 3 aromatic carbocycles. The van der Waals surface area contributed by atoms with E-state index < -0.39 is 0 Å². The van der Waals surface area contributed by atoms with E-state index in [0.717, 1.165) is 38.8 Å². The van der Waals surface area contributed by atoms with Gasteiger partial charge in [0.15, 0.2) is 0 Å². The lowest BCUT2D eigenvalue weighted by molar-refractivity contribution is 0.226. The van der Waals surface area contributed by atoms with Crippen molar-refractivity contribution in [2.45, 2.75) is 77.3 Å². The summed E-state index contributed by atoms with van der Waals surface area (Å²) >= 11 is 0. The van der Waals surface area contributed by atoms with Crippen LogP contribution in [0.4, 0.5) is 0 Å². The van der Waals surface area contributed by atoms with Crippen molar-refractivity contribution in [3.05, 3.63) is 105 Å². The van der Waals surface area contributed by atoms with Crippen LogP contribution in [-0.4, -0.2) is 37.0 Å². The highest BCUT2D eigenvalue weighted by atomic mass is 35.5. The summed E-state index contributed by atoms with van der Waals surface area (Å²) in [4.78, 5) is 5.17. The van der Waals surface area contributed by atoms with Crippen molar-refractivity contribution in [3.63, 3.8) is 0 Å². The topological polar surface area (TPSA) is 6.48 Å². The highest BCUT2D eigenvalue weighted by Crippen LogP contribution is 2.39. The Labute approximate surface area is 243 Å². The predicted molar refractivity (Wildman–Crippen MR) is 168 cm³/mol. The quantitative estimate of drug-likeness (QED) is 0.303. The summed E-state index contributed by atoms with van der Waals surface area (Å²) in [6.45, 7) is 11.6. The van der Waals surface area contributed by atoms with Gasteiger partial charge in [0.25, 0.3) is 0 Å². The zero-order valence-corrected chi connectivity index (χ0v) is 25.7. The van der Waals surface area contributed by atoms with Gasteiger partial charge in [0.2, 0.25) is 0 Å². The van der Waals surface area contributed by atoms with E-state index in [1.807, 2.05) is 0 Å². The number of benzene rings is 3. The van der Waals surface area contributed by atoms with Crippen molar-refractivity contribution in [1.82, 2.24) is 9.80 Å². The van der Waals surface area contributed by atoms with Crippen LogP contribution < -0.4 is 0 Å². The van der Waals surface area contributed by atoms with Gasteiger partial charge < -0.3 is 0 Å². The minimum absolute atomic E-state index is 0. The molecule has 0 N–H and O–H groups in total. The Kier molecular flexibility index (Phi) is 10.5. The van der Waals surface area contributed by atoms with Crippen LogP contribution in [0, 0.1) is 0 Å². The molecule has 0 radical (unpaired) electrons. The molecule has 2 heterocycles. The zero-order valence-electron chi connectivity index (χ0n) is 24.0. The van der Waals surface area contributed by atoms with Crippen LogP contribution in [0.2, 0.25) is 0 Å². The Morgan fingerprint density at radius 3 is 1.42 bits per heavy atom. The largest absolute Gasteiger partial charge is 0.299 e. The monoisotopic (exact) mass is 552 g/mol. The first-order chi connectivity index (χ1) is 17.3. The molecule has 3 aromatic rings. The molecule has 2 atom stereocenters. The number of likely N-dealkylation sites (N-methyl/N-ethyl adjacent to an activating group) is 2. The SMILES string of the molecule is CC(C)c1cccc2c1C(Cc1cccc(CC3c4c(cccc4C(C)C)CCN3C)c1)N(C)CC2.Cl.Cl. The van der Waals surface area contributed by atoms with Crippen LogP contribution >= 0.6 is 24.8 Å². The number of hydrogen-bond acceptors (Lipinski definition) is 2. The highest BCUT2D eigenvalue weighted by molar-refractivity contribution is 5.85. The van der Waals surface area contributed by atoms with Crippen molar-refractivity contribution >= 4 is 24.8 Å². The van der Waals surface area contributed by atoms with Crippen molar-refractivity contribution in [3.8, 4) is 0 Å². The van der Waals surface area contributed by atoms with Gasteiger partial charge in [0.05, 0.1) is 0 Å². The Morgan fingerprint density at radius 1 is 0.632 bits per heavy atom. The fourth-order valence-corrected chi connectivity index (χ4v) is 6.71. The van der Waals surface area contributed by atoms with Gasteiger partial charge in [0, 0.05) is 25.2 Å². The fraction of sp³-hybridized carbons (Fsp3) is 0.471. The Hall–Kier alpha value is -1.84. The average Bonchev–Trinajstić information content (AvgIpc) is 2.86. The van der Waals surface area contributed by atoms with Gasteiger partial charge in [-0.1, -0.05) is 88.4 Å². The van der Waals surface area contributed by atoms with Gasteiger partial charge in [-0.15, -0.1) is 24.8 Å². The predicted octanol–water partition coefficient (Wildman–Crippen LogP) is 8.32. The van der Waals surface area contributed by atoms with Crippen molar-refractivity contribution in [2.75, 3.05) is 27.2 Å².